The number of rotatable bonds is 3. The summed E-state index contributed by atoms with van der Waals surface area (Å²) in [5.41, 5.74) is 1.10. The summed E-state index contributed by atoms with van der Waals surface area (Å²) >= 11 is 11.7. The van der Waals surface area contributed by atoms with Crippen LogP contribution in [-0.4, -0.2) is 19.0 Å². The lowest BCUT2D eigenvalue weighted by Gasteiger charge is -2.07. The molecule has 0 unspecified atom stereocenters. The lowest BCUT2D eigenvalue weighted by atomic mass is 10.1. The van der Waals surface area contributed by atoms with Crippen molar-refractivity contribution in [1.82, 2.24) is 0 Å². The summed E-state index contributed by atoms with van der Waals surface area (Å²) in [7, 11) is 1.28. The van der Waals surface area contributed by atoms with E-state index in [1.807, 2.05) is 0 Å². The molecule has 1 N–H and O–H groups in total. The molecule has 4 nitrogen and oxygen atoms in total. The Balaban J connectivity index is 2.22. The van der Waals surface area contributed by atoms with Crippen LogP contribution in [0, 0.1) is 0 Å². The van der Waals surface area contributed by atoms with E-state index in [0.29, 0.717) is 26.9 Å². The number of carbonyl (C=O) groups excluding carboxylic acids is 2. The van der Waals surface area contributed by atoms with Gasteiger partial charge in [0.15, 0.2) is 0 Å². The van der Waals surface area contributed by atoms with Gasteiger partial charge in [-0.25, -0.2) is 4.79 Å². The molecule has 0 aliphatic heterocycles. The Hall–Kier alpha value is -2.04. The molecule has 0 aromatic heterocycles. The van der Waals surface area contributed by atoms with Gasteiger partial charge in [0.25, 0.3) is 5.91 Å². The Kier molecular flexibility index (Phi) is 4.83. The SMILES string of the molecule is COC(=O)c1cccc(C(=O)Nc2cc(Cl)cc(Cl)c2)c1. The molecule has 6 heteroatoms. The molecule has 0 aliphatic rings. The van der Waals surface area contributed by atoms with E-state index in [1.54, 1.807) is 36.4 Å². The van der Waals surface area contributed by atoms with Crippen molar-refractivity contribution in [2.24, 2.45) is 0 Å². The third-order valence-electron chi connectivity index (χ3n) is 2.67. The molecule has 0 bridgehead atoms. The minimum Gasteiger partial charge on any atom is -0.465 e. The Morgan fingerprint density at radius 2 is 1.62 bits per heavy atom. The number of hydrogen-bond donors (Lipinski definition) is 1. The fourth-order valence-electron chi connectivity index (χ4n) is 1.73. The molecule has 108 valence electrons. The first kappa shape index (κ1) is 15.4. The average molecular weight is 324 g/mol. The molecule has 0 radical (unpaired) electrons. The number of benzene rings is 2. The summed E-state index contributed by atoms with van der Waals surface area (Å²) in [5.74, 6) is -0.880. The van der Waals surface area contributed by atoms with Crippen LogP contribution in [0.2, 0.25) is 10.0 Å². The highest BCUT2D eigenvalue weighted by Gasteiger charge is 2.11. The number of anilines is 1. The van der Waals surface area contributed by atoms with Crippen LogP contribution in [0.15, 0.2) is 42.5 Å². The standard InChI is InChI=1S/C15H11Cl2NO3/c1-21-15(20)10-4-2-3-9(5-10)14(19)18-13-7-11(16)6-12(17)8-13/h2-8H,1H3,(H,18,19). The minimum atomic E-state index is -0.504. The number of nitrogens with one attached hydrogen (secondary N) is 1. The van der Waals surface area contributed by atoms with E-state index in [9.17, 15) is 9.59 Å². The van der Waals surface area contributed by atoms with Crippen LogP contribution >= 0.6 is 23.2 Å². The second-order valence-electron chi connectivity index (χ2n) is 4.18. The van der Waals surface area contributed by atoms with Gasteiger partial charge in [-0.15, -0.1) is 0 Å². The summed E-state index contributed by atoms with van der Waals surface area (Å²) in [5, 5.41) is 3.50. The van der Waals surface area contributed by atoms with Crippen LogP contribution in [0.5, 0.6) is 0 Å². The van der Waals surface area contributed by atoms with Crippen molar-refractivity contribution in [2.45, 2.75) is 0 Å². The second-order valence-corrected chi connectivity index (χ2v) is 5.06. The van der Waals surface area contributed by atoms with Crippen LogP contribution in [-0.2, 0) is 4.74 Å². The molecule has 0 saturated carbocycles. The van der Waals surface area contributed by atoms with Gasteiger partial charge in [0.2, 0.25) is 0 Å². The number of hydrogen-bond acceptors (Lipinski definition) is 3. The van der Waals surface area contributed by atoms with Crippen molar-refractivity contribution >= 4 is 40.8 Å². The number of esters is 1. The van der Waals surface area contributed by atoms with Crippen molar-refractivity contribution in [1.29, 1.82) is 0 Å². The molecule has 0 spiro atoms. The highest BCUT2D eigenvalue weighted by atomic mass is 35.5. The lowest BCUT2D eigenvalue weighted by Crippen LogP contribution is -2.13. The fraction of sp³-hybridized carbons (Fsp3) is 0.0667. The summed E-state index contributed by atoms with van der Waals surface area (Å²) in [4.78, 5) is 23.6. The van der Waals surface area contributed by atoms with Gasteiger partial charge in [-0.1, -0.05) is 29.3 Å². The van der Waals surface area contributed by atoms with E-state index >= 15 is 0 Å². The first-order valence-electron chi connectivity index (χ1n) is 5.95. The highest BCUT2D eigenvalue weighted by Crippen LogP contribution is 2.23. The van der Waals surface area contributed by atoms with Gasteiger partial charge < -0.3 is 10.1 Å². The van der Waals surface area contributed by atoms with Crippen molar-refractivity contribution in [2.75, 3.05) is 12.4 Å². The molecular formula is C15H11Cl2NO3. The second kappa shape index (κ2) is 6.61. The van der Waals surface area contributed by atoms with Crippen molar-refractivity contribution in [3.05, 3.63) is 63.6 Å². The van der Waals surface area contributed by atoms with E-state index in [2.05, 4.69) is 10.1 Å². The average Bonchev–Trinajstić information content (AvgIpc) is 2.45. The predicted molar refractivity (Wildman–Crippen MR) is 82.2 cm³/mol. The third kappa shape index (κ3) is 3.97. The van der Waals surface area contributed by atoms with E-state index in [0.717, 1.165) is 0 Å². The fourth-order valence-corrected chi connectivity index (χ4v) is 2.26. The van der Waals surface area contributed by atoms with Crippen LogP contribution in [0.1, 0.15) is 20.7 Å². The van der Waals surface area contributed by atoms with Crippen molar-refractivity contribution < 1.29 is 14.3 Å². The van der Waals surface area contributed by atoms with E-state index in [-0.39, 0.29) is 5.91 Å². The number of carbonyl (C=O) groups is 2. The van der Waals surface area contributed by atoms with Gasteiger partial charge in [0, 0.05) is 21.3 Å². The van der Waals surface area contributed by atoms with Gasteiger partial charge in [0.05, 0.1) is 12.7 Å². The zero-order chi connectivity index (χ0) is 15.4. The summed E-state index contributed by atoms with van der Waals surface area (Å²) in [6, 6.07) is 10.9. The molecule has 0 aliphatic carbocycles. The predicted octanol–water partition coefficient (Wildman–Crippen LogP) is 4.03. The number of methoxy groups -OCH3 is 1. The molecule has 0 heterocycles. The van der Waals surface area contributed by atoms with Gasteiger partial charge in [-0.3, -0.25) is 4.79 Å². The minimum absolute atomic E-state index is 0.300. The van der Waals surface area contributed by atoms with Gasteiger partial charge >= 0.3 is 5.97 Å². The van der Waals surface area contributed by atoms with Crippen LogP contribution < -0.4 is 5.32 Å². The van der Waals surface area contributed by atoms with Crippen molar-refractivity contribution in [3.8, 4) is 0 Å². The number of halogens is 2. The van der Waals surface area contributed by atoms with Crippen LogP contribution in [0.4, 0.5) is 5.69 Å². The molecule has 2 rings (SSSR count). The first-order valence-corrected chi connectivity index (χ1v) is 6.71. The maximum atomic E-state index is 12.2. The first-order chi connectivity index (χ1) is 9.99. The quantitative estimate of drug-likeness (QED) is 0.867. The topological polar surface area (TPSA) is 55.4 Å². The van der Waals surface area contributed by atoms with E-state index in [4.69, 9.17) is 23.2 Å². The number of ether oxygens (including phenoxy) is 1. The zero-order valence-corrected chi connectivity index (χ0v) is 12.5. The normalized spacial score (nSPS) is 10.0. The highest BCUT2D eigenvalue weighted by molar-refractivity contribution is 6.35. The van der Waals surface area contributed by atoms with Crippen LogP contribution in [0.25, 0.3) is 0 Å². The smallest absolute Gasteiger partial charge is 0.337 e. The van der Waals surface area contributed by atoms with E-state index < -0.39 is 5.97 Å². The number of amides is 1. The molecular weight excluding hydrogens is 313 g/mol. The Labute approximate surface area is 131 Å². The summed E-state index contributed by atoms with van der Waals surface area (Å²) in [6.45, 7) is 0. The van der Waals surface area contributed by atoms with E-state index in [1.165, 1.54) is 13.2 Å². The molecule has 1 amide bonds. The maximum Gasteiger partial charge on any atom is 0.337 e. The molecule has 21 heavy (non-hydrogen) atoms. The van der Waals surface area contributed by atoms with Crippen molar-refractivity contribution in [3.63, 3.8) is 0 Å². The van der Waals surface area contributed by atoms with Gasteiger partial charge in [0.1, 0.15) is 0 Å². The molecule has 2 aromatic carbocycles. The van der Waals surface area contributed by atoms with Gasteiger partial charge in [-0.05, 0) is 36.4 Å². The third-order valence-corrected chi connectivity index (χ3v) is 3.10. The summed E-state index contributed by atoms with van der Waals surface area (Å²) < 4.78 is 4.62. The largest absolute Gasteiger partial charge is 0.465 e. The Morgan fingerprint density at radius 3 is 2.24 bits per heavy atom. The Morgan fingerprint density at radius 1 is 1.00 bits per heavy atom. The summed E-state index contributed by atoms with van der Waals surface area (Å²) in [6.07, 6.45) is 0. The lowest BCUT2D eigenvalue weighted by molar-refractivity contribution is 0.0600. The molecule has 2 aromatic rings. The molecule has 0 saturated heterocycles. The van der Waals surface area contributed by atoms with Gasteiger partial charge in [-0.2, -0.15) is 0 Å². The zero-order valence-electron chi connectivity index (χ0n) is 11.0. The Bertz CT molecular complexity index is 681. The molecule has 0 fully saturated rings. The molecule has 0 atom stereocenters. The van der Waals surface area contributed by atoms with Crippen LogP contribution in [0.3, 0.4) is 0 Å². The monoisotopic (exact) mass is 323 g/mol. The maximum absolute atomic E-state index is 12.2.